The molecule has 0 heterocycles. The van der Waals surface area contributed by atoms with Gasteiger partial charge in [-0.1, -0.05) is 35.9 Å². The molecule has 0 atom stereocenters. The fraction of sp³-hybridized carbons (Fsp3) is 0. The summed E-state index contributed by atoms with van der Waals surface area (Å²) in [5.74, 6) is -0.995. The number of amides is 1. The van der Waals surface area contributed by atoms with Crippen LogP contribution in [-0.2, 0) is 10.0 Å². The summed E-state index contributed by atoms with van der Waals surface area (Å²) < 4.78 is 40.4. The molecule has 0 bridgehead atoms. The lowest BCUT2D eigenvalue weighted by molar-refractivity contribution is 0.0956. The van der Waals surface area contributed by atoms with E-state index in [2.05, 4.69) is 15.2 Å². The zero-order valence-corrected chi connectivity index (χ0v) is 16.4. The Hall–Kier alpha value is -3.23. The standard InChI is InChI=1S/C20H15ClFN3O3S/c21-15-7-11-17(12-8-15)29(27,28)25-19-4-2-1-3-18(19)20(26)24-23-13-14-5-9-16(22)10-6-14/h1-13,25H,(H,24,26)/b23-13+. The zero-order valence-electron chi connectivity index (χ0n) is 14.8. The van der Waals surface area contributed by atoms with Gasteiger partial charge in [-0.15, -0.1) is 0 Å². The molecule has 3 aromatic carbocycles. The van der Waals surface area contributed by atoms with E-state index < -0.39 is 15.9 Å². The molecule has 0 aliphatic rings. The number of benzene rings is 3. The van der Waals surface area contributed by atoms with Crippen LogP contribution in [0.2, 0.25) is 5.02 Å². The summed E-state index contributed by atoms with van der Waals surface area (Å²) >= 11 is 5.79. The second kappa shape index (κ2) is 8.85. The summed E-state index contributed by atoms with van der Waals surface area (Å²) in [6.45, 7) is 0. The molecule has 6 nitrogen and oxygen atoms in total. The number of hydrazone groups is 1. The highest BCUT2D eigenvalue weighted by molar-refractivity contribution is 7.92. The van der Waals surface area contributed by atoms with Gasteiger partial charge >= 0.3 is 0 Å². The molecule has 29 heavy (non-hydrogen) atoms. The molecule has 0 fully saturated rings. The van der Waals surface area contributed by atoms with Crippen LogP contribution in [-0.4, -0.2) is 20.5 Å². The normalized spacial score (nSPS) is 11.4. The Morgan fingerprint density at radius 3 is 2.31 bits per heavy atom. The van der Waals surface area contributed by atoms with E-state index in [4.69, 9.17) is 11.6 Å². The van der Waals surface area contributed by atoms with Gasteiger partial charge in [-0.3, -0.25) is 9.52 Å². The molecule has 0 aromatic heterocycles. The number of carbonyl (C=O) groups excluding carboxylic acids is 1. The van der Waals surface area contributed by atoms with Crippen LogP contribution in [0.15, 0.2) is 82.8 Å². The molecule has 0 radical (unpaired) electrons. The van der Waals surface area contributed by atoms with E-state index in [9.17, 15) is 17.6 Å². The molecule has 0 saturated heterocycles. The monoisotopic (exact) mass is 431 g/mol. The first-order chi connectivity index (χ1) is 13.8. The predicted molar refractivity (Wildman–Crippen MR) is 110 cm³/mol. The topological polar surface area (TPSA) is 87.6 Å². The van der Waals surface area contributed by atoms with Gasteiger partial charge < -0.3 is 0 Å². The lowest BCUT2D eigenvalue weighted by Gasteiger charge is -2.11. The van der Waals surface area contributed by atoms with Crippen molar-refractivity contribution in [2.75, 3.05) is 4.72 Å². The van der Waals surface area contributed by atoms with Gasteiger partial charge in [0.2, 0.25) is 0 Å². The van der Waals surface area contributed by atoms with Crippen LogP contribution in [0.4, 0.5) is 10.1 Å². The number of hydrogen-bond acceptors (Lipinski definition) is 4. The van der Waals surface area contributed by atoms with Crippen molar-refractivity contribution < 1.29 is 17.6 Å². The maximum atomic E-state index is 12.9. The quantitative estimate of drug-likeness (QED) is 0.456. The number of para-hydroxylation sites is 1. The Labute approximate surface area is 172 Å². The van der Waals surface area contributed by atoms with E-state index in [1.54, 1.807) is 12.1 Å². The molecule has 2 N–H and O–H groups in total. The van der Waals surface area contributed by atoms with E-state index in [1.807, 2.05) is 0 Å². The number of hydrogen-bond donors (Lipinski definition) is 2. The number of sulfonamides is 1. The van der Waals surface area contributed by atoms with Crippen LogP contribution in [0.3, 0.4) is 0 Å². The highest BCUT2D eigenvalue weighted by atomic mass is 35.5. The second-order valence-electron chi connectivity index (χ2n) is 5.86. The van der Waals surface area contributed by atoms with E-state index >= 15 is 0 Å². The summed E-state index contributed by atoms with van der Waals surface area (Å²) in [6, 6.07) is 17.3. The Balaban J connectivity index is 1.76. The van der Waals surface area contributed by atoms with Crippen LogP contribution in [0.5, 0.6) is 0 Å². The van der Waals surface area contributed by atoms with Gasteiger partial charge in [0.15, 0.2) is 0 Å². The Bertz CT molecular complexity index is 1150. The van der Waals surface area contributed by atoms with E-state index in [-0.39, 0.29) is 22.0 Å². The molecule has 0 aliphatic carbocycles. The number of nitrogens with one attached hydrogen (secondary N) is 2. The van der Waals surface area contributed by atoms with E-state index in [0.29, 0.717) is 10.6 Å². The number of rotatable bonds is 6. The molecule has 0 saturated carbocycles. The highest BCUT2D eigenvalue weighted by Gasteiger charge is 2.18. The van der Waals surface area contributed by atoms with E-state index in [1.165, 1.54) is 66.9 Å². The largest absolute Gasteiger partial charge is 0.279 e. The highest BCUT2D eigenvalue weighted by Crippen LogP contribution is 2.21. The predicted octanol–water partition coefficient (Wildman–Crippen LogP) is 4.04. The van der Waals surface area contributed by atoms with Crippen LogP contribution >= 0.6 is 11.6 Å². The average Bonchev–Trinajstić information content (AvgIpc) is 2.70. The van der Waals surface area contributed by atoms with Crippen LogP contribution in [0.1, 0.15) is 15.9 Å². The summed E-state index contributed by atoms with van der Waals surface area (Å²) in [6.07, 6.45) is 1.35. The Morgan fingerprint density at radius 1 is 0.966 bits per heavy atom. The molecule has 3 aromatic rings. The van der Waals surface area contributed by atoms with Crippen molar-refractivity contribution in [2.24, 2.45) is 5.10 Å². The molecule has 0 unspecified atom stereocenters. The maximum Gasteiger partial charge on any atom is 0.273 e. The summed E-state index contributed by atoms with van der Waals surface area (Å²) in [5.41, 5.74) is 3.09. The minimum Gasteiger partial charge on any atom is -0.279 e. The van der Waals surface area contributed by atoms with Crippen molar-refractivity contribution in [1.82, 2.24) is 5.43 Å². The third-order valence-electron chi connectivity index (χ3n) is 3.79. The smallest absolute Gasteiger partial charge is 0.273 e. The molecular weight excluding hydrogens is 417 g/mol. The number of nitrogens with zero attached hydrogens (tertiary/aromatic N) is 1. The van der Waals surface area contributed by atoms with Crippen molar-refractivity contribution in [1.29, 1.82) is 0 Å². The van der Waals surface area contributed by atoms with Gasteiger partial charge in [-0.2, -0.15) is 5.10 Å². The molecule has 3 rings (SSSR count). The summed E-state index contributed by atoms with van der Waals surface area (Å²) in [5, 5.41) is 4.22. The zero-order chi connectivity index (χ0) is 20.9. The van der Waals surface area contributed by atoms with Gasteiger partial charge in [0, 0.05) is 5.02 Å². The Morgan fingerprint density at radius 2 is 1.62 bits per heavy atom. The fourth-order valence-electron chi connectivity index (χ4n) is 2.36. The number of anilines is 1. The minimum atomic E-state index is -3.92. The van der Waals surface area contributed by atoms with Gasteiger partial charge in [0.25, 0.3) is 15.9 Å². The van der Waals surface area contributed by atoms with Gasteiger partial charge in [-0.25, -0.2) is 18.2 Å². The molecule has 9 heteroatoms. The molecule has 148 valence electrons. The van der Waals surface area contributed by atoms with E-state index in [0.717, 1.165) is 0 Å². The lowest BCUT2D eigenvalue weighted by atomic mass is 10.2. The molecule has 0 spiro atoms. The summed E-state index contributed by atoms with van der Waals surface area (Å²) in [4.78, 5) is 12.4. The van der Waals surface area contributed by atoms with Crippen molar-refractivity contribution in [3.63, 3.8) is 0 Å². The van der Waals surface area contributed by atoms with Crippen LogP contribution in [0.25, 0.3) is 0 Å². The minimum absolute atomic E-state index is 0.00596. The molecule has 0 aliphatic heterocycles. The first kappa shape index (κ1) is 20.5. The van der Waals surface area contributed by atoms with Crippen molar-refractivity contribution in [2.45, 2.75) is 4.90 Å². The number of carbonyl (C=O) groups is 1. The van der Waals surface area contributed by atoms with Gasteiger partial charge in [0.05, 0.1) is 22.4 Å². The average molecular weight is 432 g/mol. The maximum absolute atomic E-state index is 12.9. The third-order valence-corrected chi connectivity index (χ3v) is 5.42. The number of halogens is 2. The van der Waals surface area contributed by atoms with Crippen molar-refractivity contribution in [3.05, 3.63) is 94.8 Å². The molecular formula is C20H15ClFN3O3S. The summed E-state index contributed by atoms with van der Waals surface area (Å²) in [7, 11) is -3.92. The first-order valence-electron chi connectivity index (χ1n) is 8.31. The van der Waals surface area contributed by atoms with Gasteiger partial charge in [-0.05, 0) is 54.1 Å². The Kier molecular flexibility index (Phi) is 6.26. The molecule has 1 amide bonds. The van der Waals surface area contributed by atoms with Crippen LogP contribution < -0.4 is 10.1 Å². The second-order valence-corrected chi connectivity index (χ2v) is 7.97. The van der Waals surface area contributed by atoms with Crippen molar-refractivity contribution in [3.8, 4) is 0 Å². The lowest BCUT2D eigenvalue weighted by Crippen LogP contribution is -2.21. The first-order valence-corrected chi connectivity index (χ1v) is 10.2. The van der Waals surface area contributed by atoms with Crippen LogP contribution in [0, 0.1) is 5.82 Å². The van der Waals surface area contributed by atoms with Gasteiger partial charge in [0.1, 0.15) is 5.82 Å². The SMILES string of the molecule is O=C(N/N=C/c1ccc(F)cc1)c1ccccc1NS(=O)(=O)c1ccc(Cl)cc1. The fourth-order valence-corrected chi connectivity index (χ4v) is 3.57. The van der Waals surface area contributed by atoms with Crippen molar-refractivity contribution >= 4 is 39.4 Å². The third kappa shape index (κ3) is 5.40.